The van der Waals surface area contributed by atoms with Crippen LogP contribution in [-0.4, -0.2) is 9.91 Å². The highest BCUT2D eigenvalue weighted by molar-refractivity contribution is 7.11. The van der Waals surface area contributed by atoms with Gasteiger partial charge in [0.15, 0.2) is 0 Å². The molecule has 6 heteroatoms. The molecule has 1 N–H and O–H groups in total. The number of aromatic nitrogens is 1. The molecule has 5 nitrogen and oxygen atoms in total. The number of benzene rings is 1. The molecule has 18 heavy (non-hydrogen) atoms. The average Bonchev–Trinajstić information content (AvgIpc) is 2.73. The largest absolute Gasteiger partial charge is 0.373 e. The predicted molar refractivity (Wildman–Crippen MR) is 72.0 cm³/mol. The van der Waals surface area contributed by atoms with Crippen molar-refractivity contribution in [3.63, 3.8) is 0 Å². The molecular formula is C12H13N3O2S. The molecular weight excluding hydrogens is 250 g/mol. The summed E-state index contributed by atoms with van der Waals surface area (Å²) >= 11 is 1.58. The highest BCUT2D eigenvalue weighted by Crippen LogP contribution is 2.28. The Morgan fingerprint density at radius 1 is 1.44 bits per heavy atom. The van der Waals surface area contributed by atoms with Gasteiger partial charge in [-0.2, -0.15) is 0 Å². The number of para-hydroxylation sites is 1. The van der Waals surface area contributed by atoms with E-state index in [0.29, 0.717) is 12.2 Å². The van der Waals surface area contributed by atoms with Gasteiger partial charge < -0.3 is 5.32 Å². The molecule has 0 amide bonds. The first-order valence-corrected chi connectivity index (χ1v) is 6.29. The zero-order valence-electron chi connectivity index (χ0n) is 10.1. The molecule has 0 atom stereocenters. The fraction of sp³-hybridized carbons (Fsp3) is 0.250. The van der Waals surface area contributed by atoms with Gasteiger partial charge in [0.1, 0.15) is 10.7 Å². The summed E-state index contributed by atoms with van der Waals surface area (Å²) in [5.41, 5.74) is 1.52. The van der Waals surface area contributed by atoms with Crippen LogP contribution in [0.5, 0.6) is 0 Å². The standard InChI is InChI=1S/C12H13N3O2S/c1-8-4-3-5-10(15(16)17)12(8)14-7-11-13-6-9(2)18-11/h3-6,14H,7H2,1-2H3. The number of hydrogen-bond donors (Lipinski definition) is 1. The lowest BCUT2D eigenvalue weighted by Gasteiger charge is -2.08. The summed E-state index contributed by atoms with van der Waals surface area (Å²) in [6, 6.07) is 5.04. The number of aryl methyl sites for hydroxylation is 2. The summed E-state index contributed by atoms with van der Waals surface area (Å²) < 4.78 is 0. The van der Waals surface area contributed by atoms with E-state index in [2.05, 4.69) is 10.3 Å². The first-order chi connectivity index (χ1) is 8.58. The van der Waals surface area contributed by atoms with Crippen molar-refractivity contribution in [2.45, 2.75) is 20.4 Å². The van der Waals surface area contributed by atoms with E-state index in [9.17, 15) is 10.1 Å². The molecule has 1 aromatic carbocycles. The second-order valence-electron chi connectivity index (χ2n) is 3.94. The highest BCUT2D eigenvalue weighted by Gasteiger charge is 2.15. The van der Waals surface area contributed by atoms with Crippen molar-refractivity contribution in [3.8, 4) is 0 Å². The van der Waals surface area contributed by atoms with Crippen LogP contribution in [0.3, 0.4) is 0 Å². The van der Waals surface area contributed by atoms with Gasteiger partial charge in [-0.3, -0.25) is 10.1 Å². The molecule has 2 aromatic rings. The third kappa shape index (κ3) is 2.65. The van der Waals surface area contributed by atoms with E-state index in [4.69, 9.17) is 0 Å². The Morgan fingerprint density at radius 3 is 2.83 bits per heavy atom. The summed E-state index contributed by atoms with van der Waals surface area (Å²) in [5.74, 6) is 0. The van der Waals surface area contributed by atoms with Crippen molar-refractivity contribution in [1.29, 1.82) is 0 Å². The summed E-state index contributed by atoms with van der Waals surface area (Å²) in [7, 11) is 0. The van der Waals surface area contributed by atoms with E-state index in [0.717, 1.165) is 15.4 Å². The normalized spacial score (nSPS) is 10.3. The first kappa shape index (κ1) is 12.5. The van der Waals surface area contributed by atoms with E-state index in [1.54, 1.807) is 23.6 Å². The Kier molecular flexibility index (Phi) is 3.57. The molecule has 1 aromatic heterocycles. The summed E-state index contributed by atoms with van der Waals surface area (Å²) in [4.78, 5) is 15.9. The molecule has 0 bridgehead atoms. The fourth-order valence-electron chi connectivity index (χ4n) is 1.68. The van der Waals surface area contributed by atoms with Gasteiger partial charge in [-0.15, -0.1) is 11.3 Å². The Labute approximate surface area is 109 Å². The summed E-state index contributed by atoms with van der Waals surface area (Å²) in [5, 5.41) is 15.0. The quantitative estimate of drug-likeness (QED) is 0.679. The van der Waals surface area contributed by atoms with Gasteiger partial charge in [0.25, 0.3) is 5.69 Å². The van der Waals surface area contributed by atoms with Crippen molar-refractivity contribution in [1.82, 2.24) is 4.98 Å². The molecule has 94 valence electrons. The molecule has 0 fully saturated rings. The Hall–Kier alpha value is -1.95. The molecule has 0 spiro atoms. The third-order valence-electron chi connectivity index (χ3n) is 2.53. The zero-order chi connectivity index (χ0) is 13.1. The lowest BCUT2D eigenvalue weighted by atomic mass is 10.1. The zero-order valence-corrected chi connectivity index (χ0v) is 11.0. The van der Waals surface area contributed by atoms with Crippen LogP contribution in [0.4, 0.5) is 11.4 Å². The number of anilines is 1. The molecule has 0 aliphatic rings. The first-order valence-electron chi connectivity index (χ1n) is 5.47. The number of thiazole rings is 1. The monoisotopic (exact) mass is 263 g/mol. The second-order valence-corrected chi connectivity index (χ2v) is 5.26. The van der Waals surface area contributed by atoms with Crippen LogP contribution in [-0.2, 0) is 6.54 Å². The molecule has 0 radical (unpaired) electrons. The Morgan fingerprint density at radius 2 is 2.22 bits per heavy atom. The number of rotatable bonds is 4. The van der Waals surface area contributed by atoms with Crippen molar-refractivity contribution >= 4 is 22.7 Å². The van der Waals surface area contributed by atoms with E-state index in [1.165, 1.54) is 6.07 Å². The van der Waals surface area contributed by atoms with Crippen LogP contribution in [0, 0.1) is 24.0 Å². The van der Waals surface area contributed by atoms with Gasteiger partial charge in [0.2, 0.25) is 0 Å². The minimum Gasteiger partial charge on any atom is -0.373 e. The maximum atomic E-state index is 10.9. The lowest BCUT2D eigenvalue weighted by Crippen LogP contribution is -2.04. The Bertz CT molecular complexity index is 580. The van der Waals surface area contributed by atoms with Gasteiger partial charge in [0, 0.05) is 17.1 Å². The molecule has 0 aliphatic carbocycles. The van der Waals surface area contributed by atoms with Crippen molar-refractivity contribution in [2.24, 2.45) is 0 Å². The number of nitrogens with one attached hydrogen (secondary N) is 1. The van der Waals surface area contributed by atoms with Gasteiger partial charge in [-0.05, 0) is 19.4 Å². The SMILES string of the molecule is Cc1cnc(CNc2c(C)cccc2[N+](=O)[O-])s1. The lowest BCUT2D eigenvalue weighted by molar-refractivity contribution is -0.384. The van der Waals surface area contributed by atoms with Crippen molar-refractivity contribution < 1.29 is 4.92 Å². The number of nitrogens with zero attached hydrogens (tertiary/aromatic N) is 2. The predicted octanol–water partition coefficient (Wildman–Crippen LogP) is 3.28. The van der Waals surface area contributed by atoms with Gasteiger partial charge >= 0.3 is 0 Å². The van der Waals surface area contributed by atoms with Crippen LogP contribution < -0.4 is 5.32 Å². The highest BCUT2D eigenvalue weighted by atomic mass is 32.1. The third-order valence-corrected chi connectivity index (χ3v) is 3.45. The molecule has 0 saturated heterocycles. The molecule has 2 rings (SSSR count). The van der Waals surface area contributed by atoms with Gasteiger partial charge in [0.05, 0.1) is 11.5 Å². The Balaban J connectivity index is 2.20. The maximum Gasteiger partial charge on any atom is 0.292 e. The van der Waals surface area contributed by atoms with Crippen LogP contribution >= 0.6 is 11.3 Å². The molecule has 1 heterocycles. The average molecular weight is 263 g/mol. The van der Waals surface area contributed by atoms with Gasteiger partial charge in [-0.1, -0.05) is 12.1 Å². The van der Waals surface area contributed by atoms with Crippen molar-refractivity contribution in [3.05, 3.63) is 50.0 Å². The number of nitro groups is 1. The molecule has 0 unspecified atom stereocenters. The van der Waals surface area contributed by atoms with Gasteiger partial charge in [-0.25, -0.2) is 4.98 Å². The topological polar surface area (TPSA) is 68.1 Å². The molecule has 0 aliphatic heterocycles. The summed E-state index contributed by atoms with van der Waals surface area (Å²) in [6.45, 7) is 4.34. The summed E-state index contributed by atoms with van der Waals surface area (Å²) in [6.07, 6.45) is 1.80. The van der Waals surface area contributed by atoms with Crippen molar-refractivity contribution in [2.75, 3.05) is 5.32 Å². The van der Waals surface area contributed by atoms with E-state index < -0.39 is 0 Å². The number of hydrogen-bond acceptors (Lipinski definition) is 5. The van der Waals surface area contributed by atoms with E-state index in [-0.39, 0.29) is 10.6 Å². The van der Waals surface area contributed by atoms with E-state index >= 15 is 0 Å². The maximum absolute atomic E-state index is 10.9. The second kappa shape index (κ2) is 5.14. The molecule has 0 saturated carbocycles. The smallest absolute Gasteiger partial charge is 0.292 e. The van der Waals surface area contributed by atoms with Crippen LogP contribution in [0.25, 0.3) is 0 Å². The minimum absolute atomic E-state index is 0.100. The fourth-order valence-corrected chi connectivity index (χ4v) is 2.41. The van der Waals surface area contributed by atoms with Crippen LogP contribution in [0.1, 0.15) is 15.4 Å². The number of nitro benzene ring substituents is 1. The van der Waals surface area contributed by atoms with E-state index in [1.807, 2.05) is 19.9 Å². The van der Waals surface area contributed by atoms with Crippen LogP contribution in [0.2, 0.25) is 0 Å². The minimum atomic E-state index is -0.373. The van der Waals surface area contributed by atoms with Crippen LogP contribution in [0.15, 0.2) is 24.4 Å².